The fraction of sp³-hybridized carbons (Fsp3) is 0.500. The number of anilines is 1. The van der Waals surface area contributed by atoms with Gasteiger partial charge in [-0.1, -0.05) is 19.4 Å². The molecule has 0 aromatic carbocycles. The molecule has 0 bridgehead atoms. The van der Waals surface area contributed by atoms with Crippen LogP contribution >= 0.6 is 0 Å². The molecule has 30 heavy (non-hydrogen) atoms. The van der Waals surface area contributed by atoms with Gasteiger partial charge in [-0.05, 0) is 18.1 Å². The second kappa shape index (κ2) is 9.23. The lowest BCUT2D eigenvalue weighted by Crippen LogP contribution is -2.43. The van der Waals surface area contributed by atoms with Crippen molar-refractivity contribution in [1.82, 2.24) is 34.7 Å². The highest BCUT2D eigenvalue weighted by molar-refractivity contribution is 5.81. The number of fused-ring (bicyclic) bond motifs is 1. The number of nitrogens with two attached hydrogens (primary N) is 1. The maximum atomic E-state index is 12.5. The summed E-state index contributed by atoms with van der Waals surface area (Å²) in [5.41, 5.74) is 8.50. The normalized spacial score (nSPS) is 15.0. The minimum Gasteiger partial charge on any atom is -0.463 e. The molecule has 3 aromatic heterocycles. The Balaban J connectivity index is 1.52. The number of pyridine rings is 1. The standard InChI is InChI=1S/C20H28N8O2/c1-2-3-10-30-19-25-17(21)16-18(26-19)28(20(29)24-16)12-14-4-5-15(23-11-14)13-27-8-6-22-7-9-27/h4-5,11,22H,2-3,6-10,12-13H2,1H3,(H,24,29)(H2,21,25,26). The molecule has 0 spiro atoms. The third-order valence-corrected chi connectivity index (χ3v) is 5.18. The van der Waals surface area contributed by atoms with Gasteiger partial charge < -0.3 is 20.8 Å². The molecule has 10 nitrogen and oxygen atoms in total. The quantitative estimate of drug-likeness (QED) is 0.462. The van der Waals surface area contributed by atoms with E-state index in [-0.39, 0.29) is 17.5 Å². The number of piperazine rings is 1. The predicted octanol–water partition coefficient (Wildman–Crippen LogP) is 0.729. The van der Waals surface area contributed by atoms with E-state index in [0.717, 1.165) is 56.8 Å². The van der Waals surface area contributed by atoms with Crippen molar-refractivity contribution in [2.45, 2.75) is 32.9 Å². The minimum absolute atomic E-state index is 0.186. The van der Waals surface area contributed by atoms with E-state index in [1.54, 1.807) is 0 Å². The fourth-order valence-corrected chi connectivity index (χ4v) is 3.47. The van der Waals surface area contributed by atoms with Gasteiger partial charge in [-0.3, -0.25) is 14.5 Å². The molecule has 0 saturated carbocycles. The van der Waals surface area contributed by atoms with E-state index in [9.17, 15) is 4.79 Å². The Hall–Kier alpha value is -2.98. The first-order valence-corrected chi connectivity index (χ1v) is 10.4. The maximum absolute atomic E-state index is 12.5. The smallest absolute Gasteiger partial charge is 0.328 e. The van der Waals surface area contributed by atoms with Crippen LogP contribution in [0, 0.1) is 0 Å². The van der Waals surface area contributed by atoms with Crippen molar-refractivity contribution in [3.05, 3.63) is 40.1 Å². The number of nitrogen functional groups attached to an aromatic ring is 1. The first kappa shape index (κ1) is 20.3. The third kappa shape index (κ3) is 4.60. The highest BCUT2D eigenvalue weighted by Crippen LogP contribution is 2.18. The van der Waals surface area contributed by atoms with Crippen LogP contribution in [0.15, 0.2) is 23.1 Å². The number of hydrogen-bond donors (Lipinski definition) is 3. The largest absolute Gasteiger partial charge is 0.463 e. The Morgan fingerprint density at radius 1 is 1.20 bits per heavy atom. The molecular weight excluding hydrogens is 384 g/mol. The number of aromatic amines is 1. The van der Waals surface area contributed by atoms with E-state index in [2.05, 4.69) is 37.1 Å². The van der Waals surface area contributed by atoms with Crippen molar-refractivity contribution in [2.75, 3.05) is 38.5 Å². The number of imidazole rings is 1. The molecule has 1 saturated heterocycles. The number of nitrogens with one attached hydrogen (secondary N) is 2. The van der Waals surface area contributed by atoms with E-state index in [4.69, 9.17) is 10.5 Å². The van der Waals surface area contributed by atoms with Crippen molar-refractivity contribution in [1.29, 1.82) is 0 Å². The topological polar surface area (TPSA) is 127 Å². The van der Waals surface area contributed by atoms with Gasteiger partial charge in [-0.2, -0.15) is 9.97 Å². The molecule has 1 fully saturated rings. The summed E-state index contributed by atoms with van der Waals surface area (Å²) < 4.78 is 7.12. The molecule has 0 atom stereocenters. The lowest BCUT2D eigenvalue weighted by molar-refractivity contribution is 0.230. The molecule has 4 heterocycles. The van der Waals surface area contributed by atoms with Crippen LogP contribution in [0.25, 0.3) is 11.2 Å². The van der Waals surface area contributed by atoms with Crippen LogP contribution in [0.2, 0.25) is 0 Å². The predicted molar refractivity (Wildman–Crippen MR) is 114 cm³/mol. The van der Waals surface area contributed by atoms with E-state index in [0.29, 0.717) is 24.3 Å². The Morgan fingerprint density at radius 2 is 2.03 bits per heavy atom. The number of H-pyrrole nitrogens is 1. The van der Waals surface area contributed by atoms with E-state index in [1.165, 1.54) is 4.57 Å². The number of hydrogen-bond acceptors (Lipinski definition) is 8. The van der Waals surface area contributed by atoms with Crippen LogP contribution in [-0.2, 0) is 13.1 Å². The molecule has 160 valence electrons. The van der Waals surface area contributed by atoms with Crippen LogP contribution in [0.5, 0.6) is 6.01 Å². The van der Waals surface area contributed by atoms with E-state index < -0.39 is 0 Å². The Morgan fingerprint density at radius 3 is 2.77 bits per heavy atom. The molecule has 3 aromatic rings. The first-order valence-electron chi connectivity index (χ1n) is 10.4. The molecule has 0 amide bonds. The van der Waals surface area contributed by atoms with Crippen LogP contribution in [0.1, 0.15) is 31.0 Å². The Bertz CT molecular complexity index is 1040. The number of unbranched alkanes of at least 4 members (excludes halogenated alkanes) is 1. The average Bonchev–Trinajstić information content (AvgIpc) is 3.06. The third-order valence-electron chi connectivity index (χ3n) is 5.18. The average molecular weight is 412 g/mol. The zero-order valence-electron chi connectivity index (χ0n) is 17.2. The summed E-state index contributed by atoms with van der Waals surface area (Å²) in [7, 11) is 0. The van der Waals surface area contributed by atoms with Crippen LogP contribution < -0.4 is 21.5 Å². The second-order valence-corrected chi connectivity index (χ2v) is 7.49. The number of aromatic nitrogens is 5. The van der Waals surface area contributed by atoms with Gasteiger partial charge >= 0.3 is 11.7 Å². The SMILES string of the molecule is CCCCOc1nc(N)c2[nH]c(=O)n(Cc3ccc(CN4CCNCC4)nc3)c2n1. The zero-order chi connectivity index (χ0) is 20.9. The maximum Gasteiger partial charge on any atom is 0.328 e. The van der Waals surface area contributed by atoms with Crippen LogP contribution in [0.3, 0.4) is 0 Å². The highest BCUT2D eigenvalue weighted by atomic mass is 16.5. The Labute approximate surface area is 174 Å². The highest BCUT2D eigenvalue weighted by Gasteiger charge is 2.15. The summed E-state index contributed by atoms with van der Waals surface area (Å²) in [6, 6.07) is 4.20. The van der Waals surface area contributed by atoms with Crippen molar-refractivity contribution >= 4 is 17.0 Å². The molecule has 0 aliphatic carbocycles. The zero-order valence-corrected chi connectivity index (χ0v) is 17.2. The monoisotopic (exact) mass is 412 g/mol. The van der Waals surface area contributed by atoms with Crippen molar-refractivity contribution in [2.24, 2.45) is 0 Å². The molecule has 0 unspecified atom stereocenters. The summed E-state index contributed by atoms with van der Waals surface area (Å²) in [5, 5.41) is 3.35. The summed E-state index contributed by atoms with van der Waals surface area (Å²) in [5.74, 6) is 0.201. The molecule has 0 radical (unpaired) electrons. The number of nitrogens with zero attached hydrogens (tertiary/aromatic N) is 5. The summed E-state index contributed by atoms with van der Waals surface area (Å²) in [4.78, 5) is 30.8. The number of rotatable bonds is 8. The van der Waals surface area contributed by atoms with Gasteiger partial charge in [0.2, 0.25) is 0 Å². The van der Waals surface area contributed by atoms with Gasteiger partial charge in [0.1, 0.15) is 5.52 Å². The molecule has 10 heteroatoms. The molecule has 1 aliphatic heterocycles. The molecular formula is C20H28N8O2. The van der Waals surface area contributed by atoms with E-state index >= 15 is 0 Å². The van der Waals surface area contributed by atoms with Gasteiger partial charge in [0.05, 0.1) is 18.8 Å². The van der Waals surface area contributed by atoms with Gasteiger partial charge in [0, 0.05) is 38.9 Å². The number of ether oxygens (including phenoxy) is 1. The Kier molecular flexibility index (Phi) is 6.24. The summed E-state index contributed by atoms with van der Waals surface area (Å²) in [6.45, 7) is 7.83. The van der Waals surface area contributed by atoms with Crippen LogP contribution in [0.4, 0.5) is 5.82 Å². The van der Waals surface area contributed by atoms with Crippen LogP contribution in [-0.4, -0.2) is 62.2 Å². The molecule has 4 N–H and O–H groups in total. The van der Waals surface area contributed by atoms with Gasteiger partial charge in [-0.15, -0.1) is 0 Å². The minimum atomic E-state index is -0.290. The van der Waals surface area contributed by atoms with Gasteiger partial charge in [0.15, 0.2) is 11.5 Å². The lowest BCUT2D eigenvalue weighted by Gasteiger charge is -2.26. The molecule has 4 rings (SSSR count). The summed E-state index contributed by atoms with van der Waals surface area (Å²) in [6.07, 6.45) is 3.71. The van der Waals surface area contributed by atoms with Crippen molar-refractivity contribution in [3.8, 4) is 6.01 Å². The lowest BCUT2D eigenvalue weighted by atomic mass is 10.2. The summed E-state index contributed by atoms with van der Waals surface area (Å²) >= 11 is 0. The second-order valence-electron chi connectivity index (χ2n) is 7.49. The van der Waals surface area contributed by atoms with Gasteiger partial charge in [-0.25, -0.2) is 4.79 Å². The first-order chi connectivity index (χ1) is 14.6. The van der Waals surface area contributed by atoms with Crippen molar-refractivity contribution < 1.29 is 4.74 Å². The molecule has 1 aliphatic rings. The fourth-order valence-electron chi connectivity index (χ4n) is 3.47. The van der Waals surface area contributed by atoms with E-state index in [1.807, 2.05) is 18.3 Å². The van der Waals surface area contributed by atoms with Gasteiger partial charge in [0.25, 0.3) is 0 Å². The van der Waals surface area contributed by atoms with Crippen molar-refractivity contribution in [3.63, 3.8) is 0 Å².